The molecule has 1 heterocycles. The molecule has 0 aliphatic carbocycles. The fraction of sp³-hybridized carbons (Fsp3) is 0.533. The number of nitrogens with zero attached hydrogens (tertiary/aromatic N) is 1. The van der Waals surface area contributed by atoms with E-state index in [1.165, 1.54) is 0 Å². The van der Waals surface area contributed by atoms with E-state index in [2.05, 4.69) is 21.2 Å². The van der Waals surface area contributed by atoms with Gasteiger partial charge in [0.05, 0.1) is 25.2 Å². The van der Waals surface area contributed by atoms with Gasteiger partial charge in [0.2, 0.25) is 5.91 Å². The molecule has 0 spiro atoms. The summed E-state index contributed by atoms with van der Waals surface area (Å²) in [7, 11) is 3.22. The first-order valence-corrected chi connectivity index (χ1v) is 7.84. The lowest BCUT2D eigenvalue weighted by atomic mass is 10.2. The molecule has 1 saturated heterocycles. The quantitative estimate of drug-likeness (QED) is 0.848. The molecule has 0 bridgehead atoms. The van der Waals surface area contributed by atoms with E-state index in [9.17, 15) is 4.79 Å². The van der Waals surface area contributed by atoms with Gasteiger partial charge in [-0.15, -0.1) is 0 Å². The van der Waals surface area contributed by atoms with Gasteiger partial charge in [0, 0.05) is 19.6 Å². The summed E-state index contributed by atoms with van der Waals surface area (Å²) in [6.07, 6.45) is 2.24. The number of hydrogen-bond donors (Lipinski definition) is 1. The second-order valence-electron chi connectivity index (χ2n) is 5.00. The zero-order valence-corrected chi connectivity index (χ0v) is 14.0. The minimum Gasteiger partial charge on any atom is -0.493 e. The molecule has 21 heavy (non-hydrogen) atoms. The number of benzene rings is 1. The molecular weight excluding hydrogens is 336 g/mol. The predicted molar refractivity (Wildman–Crippen MR) is 84.8 cm³/mol. The van der Waals surface area contributed by atoms with E-state index >= 15 is 0 Å². The van der Waals surface area contributed by atoms with Crippen molar-refractivity contribution in [3.63, 3.8) is 0 Å². The first-order chi connectivity index (χ1) is 10.2. The van der Waals surface area contributed by atoms with Crippen molar-refractivity contribution < 1.29 is 14.3 Å². The first-order valence-electron chi connectivity index (χ1n) is 7.04. The Morgan fingerprint density at radius 2 is 2.00 bits per heavy atom. The van der Waals surface area contributed by atoms with Crippen LogP contribution in [0.3, 0.4) is 0 Å². The third kappa shape index (κ3) is 4.11. The van der Waals surface area contributed by atoms with Crippen LogP contribution in [0.2, 0.25) is 0 Å². The average molecular weight is 357 g/mol. The monoisotopic (exact) mass is 356 g/mol. The Labute approximate surface area is 133 Å². The molecule has 6 heteroatoms. The summed E-state index contributed by atoms with van der Waals surface area (Å²) >= 11 is 3.47. The Kier molecular flexibility index (Phi) is 5.87. The van der Waals surface area contributed by atoms with Crippen LogP contribution in [0.15, 0.2) is 16.6 Å². The Hall–Kier alpha value is -1.27. The lowest BCUT2D eigenvalue weighted by Gasteiger charge is -2.16. The van der Waals surface area contributed by atoms with Gasteiger partial charge in [0.1, 0.15) is 0 Å². The molecular formula is C15H21BrN2O3. The third-order valence-electron chi connectivity index (χ3n) is 3.56. The summed E-state index contributed by atoms with van der Waals surface area (Å²) in [5.74, 6) is 1.52. The molecule has 1 fully saturated rings. The van der Waals surface area contributed by atoms with Gasteiger partial charge in [-0.25, -0.2) is 0 Å². The van der Waals surface area contributed by atoms with Crippen molar-refractivity contribution in [2.45, 2.75) is 19.4 Å². The number of methoxy groups -OCH3 is 2. The van der Waals surface area contributed by atoms with E-state index in [1.807, 2.05) is 17.0 Å². The average Bonchev–Trinajstić information content (AvgIpc) is 3.00. The highest BCUT2D eigenvalue weighted by atomic mass is 79.9. The topological polar surface area (TPSA) is 50.8 Å². The van der Waals surface area contributed by atoms with Crippen LogP contribution in [-0.2, 0) is 11.3 Å². The molecule has 1 amide bonds. The number of carbonyl (C=O) groups is 1. The number of ether oxygens (including phenoxy) is 2. The maximum Gasteiger partial charge on any atom is 0.236 e. The van der Waals surface area contributed by atoms with Crippen LogP contribution < -0.4 is 14.8 Å². The molecule has 0 unspecified atom stereocenters. The smallest absolute Gasteiger partial charge is 0.236 e. The Morgan fingerprint density at radius 3 is 2.62 bits per heavy atom. The standard InChI is InChI=1S/C15H21BrN2O3/c1-20-13-8-11(7-12(16)15(13)21-2)9-17-10-14(19)18-5-3-4-6-18/h7-8,17H,3-6,9-10H2,1-2H3. The van der Waals surface area contributed by atoms with Crippen LogP contribution in [0.4, 0.5) is 0 Å². The van der Waals surface area contributed by atoms with Crippen molar-refractivity contribution in [3.05, 3.63) is 22.2 Å². The normalized spacial score (nSPS) is 14.3. The number of amides is 1. The fourth-order valence-corrected chi connectivity index (χ4v) is 3.12. The molecule has 1 aromatic rings. The van der Waals surface area contributed by atoms with Crippen molar-refractivity contribution in [2.24, 2.45) is 0 Å². The first kappa shape index (κ1) is 16.1. The van der Waals surface area contributed by atoms with Crippen molar-refractivity contribution in [3.8, 4) is 11.5 Å². The summed E-state index contributed by atoms with van der Waals surface area (Å²) in [5, 5.41) is 3.19. The van der Waals surface area contributed by atoms with Gasteiger partial charge in [-0.3, -0.25) is 4.79 Å². The maximum absolute atomic E-state index is 11.9. The lowest BCUT2D eigenvalue weighted by Crippen LogP contribution is -2.35. The lowest BCUT2D eigenvalue weighted by molar-refractivity contribution is -0.129. The minimum atomic E-state index is 0.173. The highest BCUT2D eigenvalue weighted by Crippen LogP contribution is 2.36. The molecule has 1 aromatic carbocycles. The van der Waals surface area contributed by atoms with Crippen molar-refractivity contribution in [1.82, 2.24) is 10.2 Å². The van der Waals surface area contributed by atoms with Crippen LogP contribution in [0.25, 0.3) is 0 Å². The van der Waals surface area contributed by atoms with Gasteiger partial charge in [0.15, 0.2) is 11.5 Å². The molecule has 0 radical (unpaired) electrons. The van der Waals surface area contributed by atoms with Gasteiger partial charge < -0.3 is 19.7 Å². The van der Waals surface area contributed by atoms with Crippen molar-refractivity contribution in [2.75, 3.05) is 33.9 Å². The Morgan fingerprint density at radius 1 is 1.29 bits per heavy atom. The molecule has 1 aliphatic rings. The summed E-state index contributed by atoms with van der Waals surface area (Å²) < 4.78 is 11.4. The number of carbonyl (C=O) groups excluding carboxylic acids is 1. The van der Waals surface area contributed by atoms with E-state index in [4.69, 9.17) is 9.47 Å². The van der Waals surface area contributed by atoms with Crippen LogP contribution >= 0.6 is 15.9 Å². The summed E-state index contributed by atoms with van der Waals surface area (Å²) in [5.41, 5.74) is 1.04. The molecule has 0 aromatic heterocycles. The van der Waals surface area contributed by atoms with E-state index in [0.717, 1.165) is 36.0 Å². The highest BCUT2D eigenvalue weighted by molar-refractivity contribution is 9.10. The highest BCUT2D eigenvalue weighted by Gasteiger charge is 2.17. The number of halogens is 1. The van der Waals surface area contributed by atoms with Crippen LogP contribution in [-0.4, -0.2) is 44.7 Å². The molecule has 0 atom stereocenters. The fourth-order valence-electron chi connectivity index (χ4n) is 2.47. The maximum atomic E-state index is 11.9. The zero-order chi connectivity index (χ0) is 15.2. The summed E-state index contributed by atoms with van der Waals surface area (Å²) in [6.45, 7) is 2.76. The molecule has 5 nitrogen and oxygen atoms in total. The zero-order valence-electron chi connectivity index (χ0n) is 12.4. The second kappa shape index (κ2) is 7.66. The van der Waals surface area contributed by atoms with E-state index < -0.39 is 0 Å². The predicted octanol–water partition coefficient (Wildman–Crippen LogP) is 2.18. The van der Waals surface area contributed by atoms with Crippen molar-refractivity contribution >= 4 is 21.8 Å². The number of hydrogen-bond acceptors (Lipinski definition) is 4. The van der Waals surface area contributed by atoms with Gasteiger partial charge in [-0.1, -0.05) is 0 Å². The molecule has 0 saturated carbocycles. The largest absolute Gasteiger partial charge is 0.493 e. The van der Waals surface area contributed by atoms with Gasteiger partial charge in [-0.2, -0.15) is 0 Å². The molecule has 116 valence electrons. The number of likely N-dealkylation sites (tertiary alicyclic amines) is 1. The Balaban J connectivity index is 1.91. The van der Waals surface area contributed by atoms with Crippen LogP contribution in [0.1, 0.15) is 18.4 Å². The summed E-state index contributed by atoms with van der Waals surface area (Å²) in [4.78, 5) is 13.8. The molecule has 2 rings (SSSR count). The third-order valence-corrected chi connectivity index (χ3v) is 4.15. The van der Waals surface area contributed by atoms with Crippen molar-refractivity contribution in [1.29, 1.82) is 0 Å². The van der Waals surface area contributed by atoms with Crippen LogP contribution in [0.5, 0.6) is 11.5 Å². The molecule has 1 aliphatic heterocycles. The second-order valence-corrected chi connectivity index (χ2v) is 5.86. The minimum absolute atomic E-state index is 0.173. The van der Waals surface area contributed by atoms with Gasteiger partial charge in [-0.05, 0) is 46.5 Å². The Bertz CT molecular complexity index is 502. The number of rotatable bonds is 6. The van der Waals surface area contributed by atoms with E-state index in [1.54, 1.807) is 14.2 Å². The SMILES string of the molecule is COc1cc(CNCC(=O)N2CCCC2)cc(Br)c1OC. The van der Waals surface area contributed by atoms with Crippen LogP contribution in [0, 0.1) is 0 Å². The number of nitrogens with one attached hydrogen (secondary N) is 1. The molecule has 1 N–H and O–H groups in total. The van der Waals surface area contributed by atoms with E-state index in [-0.39, 0.29) is 5.91 Å². The summed E-state index contributed by atoms with van der Waals surface area (Å²) in [6, 6.07) is 3.88. The van der Waals surface area contributed by atoms with Gasteiger partial charge >= 0.3 is 0 Å². The van der Waals surface area contributed by atoms with Gasteiger partial charge in [0.25, 0.3) is 0 Å². The van der Waals surface area contributed by atoms with E-state index in [0.29, 0.717) is 24.6 Å².